The van der Waals surface area contributed by atoms with Gasteiger partial charge in [0.05, 0.1) is 29.1 Å². The van der Waals surface area contributed by atoms with Gasteiger partial charge in [-0.15, -0.1) is 0 Å². The van der Waals surface area contributed by atoms with Crippen molar-refractivity contribution >= 4 is 20.1 Å². The Morgan fingerprint density at radius 1 is 0.884 bits per heavy atom. The minimum absolute atomic E-state index is 0.0236. The predicted octanol–water partition coefficient (Wildman–Crippen LogP) is 5.66. The summed E-state index contributed by atoms with van der Waals surface area (Å²) in [5, 5.41) is 10.8. The zero-order valence-corrected chi connectivity index (χ0v) is 26.6. The molecule has 0 radical (unpaired) electrons. The van der Waals surface area contributed by atoms with Crippen LogP contribution >= 0.6 is 0 Å². The SMILES string of the molecule is Cc1ccc(S(=O)(=O)N[C@]2(CC[C@H](O)COS(=O)(=O)c3ccc(C)cc3)CCCC[C@H]2CCOCc2ccccc2)cc1. The molecule has 0 amide bonds. The first-order valence-electron chi connectivity index (χ1n) is 14.9. The monoisotopic (exact) mass is 629 g/mol. The lowest BCUT2D eigenvalue weighted by molar-refractivity contribution is 0.0537. The first-order chi connectivity index (χ1) is 20.5. The molecule has 2 N–H and O–H groups in total. The van der Waals surface area contributed by atoms with Crippen molar-refractivity contribution in [3.8, 4) is 0 Å². The molecule has 1 aliphatic rings. The number of ether oxygens (including phenoxy) is 1. The summed E-state index contributed by atoms with van der Waals surface area (Å²) in [7, 11) is -7.90. The molecule has 1 aliphatic carbocycles. The van der Waals surface area contributed by atoms with Crippen molar-refractivity contribution in [2.75, 3.05) is 13.2 Å². The zero-order valence-electron chi connectivity index (χ0n) is 24.9. The van der Waals surface area contributed by atoms with Crippen LogP contribution in [0.4, 0.5) is 0 Å². The van der Waals surface area contributed by atoms with E-state index in [0.29, 0.717) is 32.5 Å². The molecular weight excluding hydrogens is 586 g/mol. The van der Waals surface area contributed by atoms with Gasteiger partial charge in [0.15, 0.2) is 0 Å². The molecule has 0 aromatic heterocycles. The Bertz CT molecular complexity index is 1510. The van der Waals surface area contributed by atoms with Crippen molar-refractivity contribution in [1.29, 1.82) is 0 Å². The van der Waals surface area contributed by atoms with E-state index in [9.17, 15) is 21.9 Å². The van der Waals surface area contributed by atoms with Gasteiger partial charge >= 0.3 is 0 Å². The van der Waals surface area contributed by atoms with E-state index in [4.69, 9.17) is 8.92 Å². The van der Waals surface area contributed by atoms with E-state index in [2.05, 4.69) is 4.72 Å². The first kappa shape index (κ1) is 33.3. The number of aryl methyl sites for hydroxylation is 2. The highest BCUT2D eigenvalue weighted by Crippen LogP contribution is 2.41. The number of rotatable bonds is 15. The van der Waals surface area contributed by atoms with Crippen molar-refractivity contribution in [3.63, 3.8) is 0 Å². The average molecular weight is 630 g/mol. The first-order valence-corrected chi connectivity index (χ1v) is 17.7. The van der Waals surface area contributed by atoms with E-state index < -0.39 is 38.4 Å². The maximum atomic E-state index is 13.7. The maximum Gasteiger partial charge on any atom is 0.297 e. The fraction of sp³-hybridized carbons (Fsp3) is 0.455. The van der Waals surface area contributed by atoms with Crippen LogP contribution in [-0.4, -0.2) is 46.8 Å². The molecule has 1 saturated carbocycles. The fourth-order valence-corrected chi connectivity index (χ4v) is 8.19. The van der Waals surface area contributed by atoms with Gasteiger partial charge in [-0.25, -0.2) is 13.1 Å². The van der Waals surface area contributed by atoms with Crippen LogP contribution in [0.3, 0.4) is 0 Å². The number of aliphatic hydroxyl groups is 1. The van der Waals surface area contributed by atoms with Gasteiger partial charge in [0.2, 0.25) is 10.0 Å². The molecule has 0 aliphatic heterocycles. The second-order valence-corrected chi connectivity index (χ2v) is 14.9. The van der Waals surface area contributed by atoms with E-state index in [1.807, 2.05) is 44.2 Å². The van der Waals surface area contributed by atoms with E-state index in [0.717, 1.165) is 36.0 Å². The Morgan fingerprint density at radius 2 is 1.51 bits per heavy atom. The highest BCUT2D eigenvalue weighted by Gasteiger charge is 2.43. The van der Waals surface area contributed by atoms with Crippen LogP contribution in [0.1, 0.15) is 61.6 Å². The average Bonchev–Trinajstić information content (AvgIpc) is 2.99. The Labute approximate surface area is 256 Å². The molecule has 3 atom stereocenters. The molecule has 10 heteroatoms. The van der Waals surface area contributed by atoms with Crippen LogP contribution in [0, 0.1) is 19.8 Å². The quantitative estimate of drug-likeness (QED) is 0.164. The molecule has 1 fully saturated rings. The molecule has 3 aromatic rings. The minimum atomic E-state index is -4.04. The van der Waals surface area contributed by atoms with E-state index in [1.165, 1.54) is 12.1 Å². The molecule has 8 nitrogen and oxygen atoms in total. The largest absolute Gasteiger partial charge is 0.391 e. The maximum absolute atomic E-state index is 13.7. The zero-order chi connectivity index (χ0) is 30.9. The van der Waals surface area contributed by atoms with Gasteiger partial charge in [-0.1, -0.05) is 78.6 Å². The van der Waals surface area contributed by atoms with E-state index in [-0.39, 0.29) is 22.1 Å². The molecule has 0 saturated heterocycles. The minimum Gasteiger partial charge on any atom is -0.391 e. The van der Waals surface area contributed by atoms with Crippen LogP contribution in [0.15, 0.2) is 88.7 Å². The molecule has 3 aromatic carbocycles. The van der Waals surface area contributed by atoms with Crippen molar-refractivity contribution in [2.45, 2.75) is 86.8 Å². The third-order valence-electron chi connectivity index (χ3n) is 8.25. The van der Waals surface area contributed by atoms with Crippen LogP contribution in [0.5, 0.6) is 0 Å². The summed E-state index contributed by atoms with van der Waals surface area (Å²) < 4.78 is 66.8. The fourth-order valence-electron chi connectivity index (χ4n) is 5.73. The molecule has 4 rings (SSSR count). The van der Waals surface area contributed by atoms with Gasteiger partial charge in [-0.2, -0.15) is 8.42 Å². The summed E-state index contributed by atoms with van der Waals surface area (Å²) in [5.41, 5.74) is 2.13. The predicted molar refractivity (Wildman–Crippen MR) is 166 cm³/mol. The smallest absolute Gasteiger partial charge is 0.297 e. The standard InChI is InChI=1S/C33H43NO7S2/c1-26-11-15-31(16-12-26)42(36,37)34-33(21-7-6-10-29(33)20-23-40-24-28-8-4-3-5-9-28)22-19-30(35)25-41-43(38,39)32-17-13-27(2)14-18-32/h3-5,8-9,11-18,29-30,34-35H,6-7,10,19-25H2,1-2H3/t29-,30-,33-/m0/s1. The van der Waals surface area contributed by atoms with Gasteiger partial charge in [0.25, 0.3) is 10.1 Å². The Kier molecular flexibility index (Phi) is 11.6. The van der Waals surface area contributed by atoms with Crippen molar-refractivity contribution in [2.24, 2.45) is 5.92 Å². The van der Waals surface area contributed by atoms with Crippen LogP contribution in [0.25, 0.3) is 0 Å². The summed E-state index contributed by atoms with van der Waals surface area (Å²) in [5.74, 6) is -0.0262. The van der Waals surface area contributed by atoms with Crippen molar-refractivity contribution in [1.82, 2.24) is 4.72 Å². The number of hydrogen-bond acceptors (Lipinski definition) is 7. The normalized spacial score (nSPS) is 20.1. The third kappa shape index (κ3) is 9.44. The molecule has 234 valence electrons. The van der Waals surface area contributed by atoms with Gasteiger partial charge in [0, 0.05) is 12.1 Å². The van der Waals surface area contributed by atoms with Crippen LogP contribution < -0.4 is 4.72 Å². The molecule has 0 heterocycles. The molecular formula is C33H43NO7S2. The number of benzene rings is 3. The number of hydrogen-bond donors (Lipinski definition) is 2. The number of aliphatic hydroxyl groups excluding tert-OH is 1. The van der Waals surface area contributed by atoms with Gasteiger partial charge in [-0.05, 0) is 81.7 Å². The van der Waals surface area contributed by atoms with Crippen LogP contribution in [-0.2, 0) is 35.7 Å². The molecule has 0 unspecified atom stereocenters. The summed E-state index contributed by atoms with van der Waals surface area (Å²) in [6, 6.07) is 22.9. The van der Waals surface area contributed by atoms with Gasteiger partial charge < -0.3 is 9.84 Å². The Balaban J connectivity index is 1.47. The second-order valence-electron chi connectivity index (χ2n) is 11.6. The highest BCUT2D eigenvalue weighted by atomic mass is 32.2. The Morgan fingerprint density at radius 3 is 2.16 bits per heavy atom. The van der Waals surface area contributed by atoms with Gasteiger partial charge in [0.1, 0.15) is 0 Å². The lowest BCUT2D eigenvalue weighted by atomic mass is 9.69. The Hall–Kier alpha value is -2.60. The summed E-state index contributed by atoms with van der Waals surface area (Å²) in [6.07, 6.45) is 3.29. The van der Waals surface area contributed by atoms with Gasteiger partial charge in [-0.3, -0.25) is 4.18 Å². The summed E-state index contributed by atoms with van der Waals surface area (Å²) in [6.45, 7) is 4.29. The molecule has 43 heavy (non-hydrogen) atoms. The van der Waals surface area contributed by atoms with Crippen molar-refractivity contribution < 1.29 is 30.9 Å². The third-order valence-corrected chi connectivity index (χ3v) is 11.1. The highest BCUT2D eigenvalue weighted by molar-refractivity contribution is 7.89. The number of sulfonamides is 1. The van der Waals surface area contributed by atoms with E-state index >= 15 is 0 Å². The lowest BCUT2D eigenvalue weighted by Gasteiger charge is -2.45. The van der Waals surface area contributed by atoms with Crippen molar-refractivity contribution in [3.05, 3.63) is 95.6 Å². The lowest BCUT2D eigenvalue weighted by Crippen LogP contribution is -2.55. The summed E-state index contributed by atoms with van der Waals surface area (Å²) in [4.78, 5) is 0.214. The molecule has 0 spiro atoms. The second kappa shape index (κ2) is 14.9. The topological polar surface area (TPSA) is 119 Å². The number of nitrogens with one attached hydrogen (secondary N) is 1. The molecule has 0 bridgehead atoms. The summed E-state index contributed by atoms with van der Waals surface area (Å²) >= 11 is 0. The van der Waals surface area contributed by atoms with E-state index in [1.54, 1.807) is 36.4 Å². The van der Waals surface area contributed by atoms with Crippen LogP contribution in [0.2, 0.25) is 0 Å².